The molecule has 0 saturated heterocycles. The molecule has 3 aromatic carbocycles. The maximum absolute atomic E-state index is 11.7. The second-order valence-corrected chi connectivity index (χ2v) is 7.60. The molecule has 0 saturated carbocycles. The number of para-hydroxylation sites is 1. The number of nitrogens with zero attached hydrogens (tertiary/aromatic N) is 1. The van der Waals surface area contributed by atoms with Gasteiger partial charge in [0.05, 0.1) is 4.92 Å². The molecule has 0 unspecified atom stereocenters. The number of hydrogen-bond acceptors (Lipinski definition) is 3. The summed E-state index contributed by atoms with van der Waals surface area (Å²) in [5, 5.41) is 15.1. The monoisotopic (exact) mass is 374 g/mol. The summed E-state index contributed by atoms with van der Waals surface area (Å²) >= 11 is 0. The molecule has 0 aliphatic rings. The predicted octanol–water partition coefficient (Wildman–Crippen LogP) is 7.25. The lowest BCUT2D eigenvalue weighted by atomic mass is 9.92. The van der Waals surface area contributed by atoms with E-state index in [4.69, 9.17) is 0 Å². The van der Waals surface area contributed by atoms with E-state index in [1.54, 1.807) is 12.1 Å². The molecule has 1 N–H and O–H groups in total. The third-order valence-electron chi connectivity index (χ3n) is 4.93. The van der Waals surface area contributed by atoms with Crippen LogP contribution in [0.4, 0.5) is 17.1 Å². The maximum Gasteiger partial charge on any atom is 0.292 e. The molecule has 0 heterocycles. The Balaban J connectivity index is 2.15. The molecule has 3 rings (SSSR count). The zero-order chi connectivity index (χ0) is 20.3. The van der Waals surface area contributed by atoms with Gasteiger partial charge in [-0.2, -0.15) is 0 Å². The van der Waals surface area contributed by atoms with Crippen LogP contribution in [0.15, 0.2) is 66.7 Å². The molecule has 0 amide bonds. The van der Waals surface area contributed by atoms with Crippen LogP contribution in [-0.4, -0.2) is 4.92 Å². The van der Waals surface area contributed by atoms with Gasteiger partial charge < -0.3 is 5.32 Å². The van der Waals surface area contributed by atoms with Gasteiger partial charge in [-0.15, -0.1) is 0 Å². The molecule has 0 aliphatic heterocycles. The van der Waals surface area contributed by atoms with Crippen molar-refractivity contribution in [2.45, 2.75) is 39.5 Å². The summed E-state index contributed by atoms with van der Waals surface area (Å²) in [4.78, 5) is 11.3. The van der Waals surface area contributed by atoms with Crippen LogP contribution in [0.5, 0.6) is 0 Å². The van der Waals surface area contributed by atoms with E-state index in [9.17, 15) is 10.1 Å². The zero-order valence-electron chi connectivity index (χ0n) is 16.8. The number of nitro benzene ring substituents is 1. The highest BCUT2D eigenvalue weighted by molar-refractivity contribution is 5.79. The van der Waals surface area contributed by atoms with Gasteiger partial charge in [0, 0.05) is 11.8 Å². The van der Waals surface area contributed by atoms with Crippen molar-refractivity contribution in [1.82, 2.24) is 0 Å². The van der Waals surface area contributed by atoms with Crippen molar-refractivity contribution >= 4 is 17.1 Å². The molecule has 0 bridgehead atoms. The highest BCUT2D eigenvalue weighted by Crippen LogP contribution is 2.38. The van der Waals surface area contributed by atoms with Gasteiger partial charge in [-0.1, -0.05) is 76.2 Å². The molecule has 0 atom stereocenters. The van der Waals surface area contributed by atoms with E-state index in [-0.39, 0.29) is 10.6 Å². The molecule has 0 spiro atoms. The van der Waals surface area contributed by atoms with E-state index in [1.807, 2.05) is 36.4 Å². The minimum absolute atomic E-state index is 0.0768. The van der Waals surface area contributed by atoms with Crippen LogP contribution in [-0.2, 0) is 0 Å². The Morgan fingerprint density at radius 3 is 1.93 bits per heavy atom. The molecule has 0 aromatic heterocycles. The average molecular weight is 374 g/mol. The number of nitrogens with one attached hydrogen (secondary N) is 1. The summed E-state index contributed by atoms with van der Waals surface area (Å²) < 4.78 is 0. The van der Waals surface area contributed by atoms with Gasteiger partial charge in [0.2, 0.25) is 0 Å². The molecule has 3 aromatic rings. The number of nitro groups is 1. The fourth-order valence-corrected chi connectivity index (χ4v) is 3.44. The maximum atomic E-state index is 11.7. The Labute approximate surface area is 166 Å². The third-order valence-corrected chi connectivity index (χ3v) is 4.93. The van der Waals surface area contributed by atoms with Gasteiger partial charge in [-0.3, -0.25) is 10.1 Å². The van der Waals surface area contributed by atoms with E-state index in [0.717, 1.165) is 27.9 Å². The lowest BCUT2D eigenvalue weighted by Crippen LogP contribution is -2.05. The van der Waals surface area contributed by atoms with E-state index < -0.39 is 0 Å². The van der Waals surface area contributed by atoms with Gasteiger partial charge >= 0.3 is 0 Å². The van der Waals surface area contributed by atoms with Gasteiger partial charge in [0.1, 0.15) is 5.69 Å². The van der Waals surface area contributed by atoms with E-state index in [2.05, 4.69) is 51.2 Å². The lowest BCUT2D eigenvalue weighted by molar-refractivity contribution is -0.383. The topological polar surface area (TPSA) is 55.2 Å². The summed E-state index contributed by atoms with van der Waals surface area (Å²) in [5.41, 5.74) is 5.86. The average Bonchev–Trinajstić information content (AvgIpc) is 2.68. The second-order valence-electron chi connectivity index (χ2n) is 7.60. The van der Waals surface area contributed by atoms with Crippen LogP contribution in [0.1, 0.15) is 50.7 Å². The molecular formula is C24H26N2O2. The van der Waals surface area contributed by atoms with E-state index in [0.29, 0.717) is 17.5 Å². The summed E-state index contributed by atoms with van der Waals surface area (Å²) in [7, 11) is 0. The molecule has 28 heavy (non-hydrogen) atoms. The van der Waals surface area contributed by atoms with Crippen LogP contribution >= 0.6 is 0 Å². The fraction of sp³-hybridized carbons (Fsp3) is 0.250. The molecule has 144 valence electrons. The normalized spacial score (nSPS) is 11.1. The molecule has 0 radical (unpaired) electrons. The number of hydrogen-bond donors (Lipinski definition) is 1. The van der Waals surface area contributed by atoms with Crippen molar-refractivity contribution in [2.75, 3.05) is 5.32 Å². The summed E-state index contributed by atoms with van der Waals surface area (Å²) in [6.45, 7) is 8.55. The molecular weight excluding hydrogens is 348 g/mol. The van der Waals surface area contributed by atoms with Crippen LogP contribution in [0.3, 0.4) is 0 Å². The minimum Gasteiger partial charge on any atom is -0.349 e. The standard InChI is InChI=1S/C24H26N2O2/c1-16(2)20-11-8-12-21(17(3)4)24(20)25-22-15-19(13-14-23(22)26(27)28)18-9-6-5-7-10-18/h5-17,25H,1-4H3. The van der Waals surface area contributed by atoms with E-state index >= 15 is 0 Å². The number of rotatable bonds is 6. The first kappa shape index (κ1) is 19.6. The largest absolute Gasteiger partial charge is 0.349 e. The Hall–Kier alpha value is -3.14. The second kappa shape index (κ2) is 8.26. The first-order valence-electron chi connectivity index (χ1n) is 9.62. The number of benzene rings is 3. The summed E-state index contributed by atoms with van der Waals surface area (Å²) in [5.74, 6) is 0.607. The third kappa shape index (κ3) is 4.06. The quantitative estimate of drug-likeness (QED) is 0.365. The van der Waals surface area contributed by atoms with Crippen LogP contribution < -0.4 is 5.32 Å². The predicted molar refractivity (Wildman–Crippen MR) is 116 cm³/mol. The van der Waals surface area contributed by atoms with Crippen LogP contribution in [0, 0.1) is 10.1 Å². The Morgan fingerprint density at radius 2 is 1.39 bits per heavy atom. The van der Waals surface area contributed by atoms with Gasteiger partial charge in [0.15, 0.2) is 0 Å². The summed E-state index contributed by atoms with van der Waals surface area (Å²) in [6.07, 6.45) is 0. The van der Waals surface area contributed by atoms with Crippen molar-refractivity contribution < 1.29 is 4.92 Å². The zero-order valence-corrected chi connectivity index (χ0v) is 16.8. The summed E-state index contributed by atoms with van der Waals surface area (Å²) in [6, 6.07) is 21.4. The van der Waals surface area contributed by atoms with Crippen LogP contribution in [0.25, 0.3) is 11.1 Å². The number of anilines is 2. The van der Waals surface area contributed by atoms with Crippen LogP contribution in [0.2, 0.25) is 0 Å². The smallest absolute Gasteiger partial charge is 0.292 e. The van der Waals surface area contributed by atoms with Crippen molar-refractivity contribution in [3.05, 3.63) is 88.0 Å². The van der Waals surface area contributed by atoms with Crippen molar-refractivity contribution in [1.29, 1.82) is 0 Å². The molecule has 0 aliphatic carbocycles. The first-order valence-corrected chi connectivity index (χ1v) is 9.62. The molecule has 4 nitrogen and oxygen atoms in total. The molecule has 0 fully saturated rings. The highest BCUT2D eigenvalue weighted by Gasteiger charge is 2.19. The Kier molecular flexibility index (Phi) is 5.78. The fourth-order valence-electron chi connectivity index (χ4n) is 3.44. The Morgan fingerprint density at radius 1 is 0.786 bits per heavy atom. The van der Waals surface area contributed by atoms with Crippen molar-refractivity contribution in [2.24, 2.45) is 0 Å². The minimum atomic E-state index is -0.329. The van der Waals surface area contributed by atoms with Crippen molar-refractivity contribution in [3.8, 4) is 11.1 Å². The Bertz CT molecular complexity index is 953. The van der Waals surface area contributed by atoms with E-state index in [1.165, 1.54) is 0 Å². The van der Waals surface area contributed by atoms with Crippen molar-refractivity contribution in [3.63, 3.8) is 0 Å². The van der Waals surface area contributed by atoms with Gasteiger partial charge in [-0.25, -0.2) is 0 Å². The van der Waals surface area contributed by atoms with Gasteiger partial charge in [0.25, 0.3) is 5.69 Å². The molecule has 4 heteroatoms. The lowest BCUT2D eigenvalue weighted by Gasteiger charge is -2.21. The SMILES string of the molecule is CC(C)c1cccc(C(C)C)c1Nc1cc(-c2ccccc2)ccc1[N+](=O)[O-]. The first-order chi connectivity index (χ1) is 13.4. The highest BCUT2D eigenvalue weighted by atomic mass is 16.6. The van der Waals surface area contributed by atoms with Gasteiger partial charge in [-0.05, 0) is 46.2 Å².